The maximum absolute atomic E-state index is 5.52. The number of nitrogens with zero attached hydrogens (tertiary/aromatic N) is 2. The number of aromatic nitrogens is 2. The van der Waals surface area contributed by atoms with E-state index >= 15 is 0 Å². The Morgan fingerprint density at radius 1 is 1.05 bits per heavy atom. The summed E-state index contributed by atoms with van der Waals surface area (Å²) in [5, 5.41) is 3.08. The van der Waals surface area contributed by atoms with E-state index in [1.165, 1.54) is 6.42 Å². The van der Waals surface area contributed by atoms with Crippen LogP contribution < -0.4 is 5.32 Å². The van der Waals surface area contributed by atoms with Crippen LogP contribution in [-0.4, -0.2) is 56.2 Å². The number of hydrogen-bond donors (Lipinski definition) is 1. The second kappa shape index (κ2) is 12.8. The first-order valence-corrected chi connectivity index (χ1v) is 7.75. The van der Waals surface area contributed by atoms with Crippen LogP contribution in [-0.2, 0) is 27.3 Å². The molecule has 0 aliphatic rings. The quantitative estimate of drug-likeness (QED) is 0.527. The SMILES string of the molecule is CCCCOCCOCCOCCn1cnc(CNC)c1. The van der Waals surface area contributed by atoms with E-state index in [1.54, 1.807) is 0 Å². The summed E-state index contributed by atoms with van der Waals surface area (Å²) in [5.41, 5.74) is 1.05. The number of nitrogens with one attached hydrogen (secondary N) is 1. The van der Waals surface area contributed by atoms with Gasteiger partial charge in [0.05, 0.1) is 45.1 Å². The van der Waals surface area contributed by atoms with Crippen molar-refractivity contribution < 1.29 is 14.2 Å². The molecule has 1 aromatic rings. The Bertz CT molecular complexity index is 345. The van der Waals surface area contributed by atoms with Gasteiger partial charge in [-0.15, -0.1) is 0 Å². The molecule has 6 heteroatoms. The van der Waals surface area contributed by atoms with Gasteiger partial charge in [-0.3, -0.25) is 0 Å². The monoisotopic (exact) mass is 299 g/mol. The van der Waals surface area contributed by atoms with Crippen molar-refractivity contribution in [2.24, 2.45) is 0 Å². The van der Waals surface area contributed by atoms with Gasteiger partial charge in [-0.25, -0.2) is 4.98 Å². The Morgan fingerprint density at radius 2 is 1.71 bits per heavy atom. The molecular weight excluding hydrogens is 270 g/mol. The van der Waals surface area contributed by atoms with Crippen molar-refractivity contribution in [3.05, 3.63) is 18.2 Å². The van der Waals surface area contributed by atoms with E-state index in [0.717, 1.165) is 31.8 Å². The van der Waals surface area contributed by atoms with Crippen LogP contribution in [0.25, 0.3) is 0 Å². The third-order valence-corrected chi connectivity index (χ3v) is 2.92. The molecule has 0 aliphatic carbocycles. The first-order chi connectivity index (χ1) is 10.4. The van der Waals surface area contributed by atoms with Gasteiger partial charge in [0.1, 0.15) is 0 Å². The van der Waals surface area contributed by atoms with Crippen molar-refractivity contribution >= 4 is 0 Å². The molecular formula is C15H29N3O3. The molecule has 1 N–H and O–H groups in total. The largest absolute Gasteiger partial charge is 0.379 e. The lowest BCUT2D eigenvalue weighted by Crippen LogP contribution is -2.12. The summed E-state index contributed by atoms with van der Waals surface area (Å²) >= 11 is 0. The Hall–Kier alpha value is -0.950. The molecule has 1 heterocycles. The molecule has 0 fully saturated rings. The Kier molecular flexibility index (Phi) is 11.0. The van der Waals surface area contributed by atoms with E-state index in [-0.39, 0.29) is 0 Å². The van der Waals surface area contributed by atoms with Crippen LogP contribution in [0, 0.1) is 0 Å². The zero-order chi connectivity index (χ0) is 15.2. The second-order valence-corrected chi connectivity index (χ2v) is 4.82. The van der Waals surface area contributed by atoms with Gasteiger partial charge >= 0.3 is 0 Å². The molecule has 0 amide bonds. The predicted molar refractivity (Wildman–Crippen MR) is 82.4 cm³/mol. The van der Waals surface area contributed by atoms with Crippen molar-refractivity contribution in [3.8, 4) is 0 Å². The molecule has 0 aromatic carbocycles. The highest BCUT2D eigenvalue weighted by Crippen LogP contribution is 1.95. The van der Waals surface area contributed by atoms with Crippen LogP contribution in [0.5, 0.6) is 0 Å². The lowest BCUT2D eigenvalue weighted by atomic mass is 10.4. The maximum Gasteiger partial charge on any atom is 0.0950 e. The minimum atomic E-state index is 0.617. The predicted octanol–water partition coefficient (Wildman–Crippen LogP) is 1.45. The molecule has 0 aliphatic heterocycles. The Morgan fingerprint density at radius 3 is 2.38 bits per heavy atom. The van der Waals surface area contributed by atoms with Crippen LogP contribution in [0.1, 0.15) is 25.5 Å². The highest BCUT2D eigenvalue weighted by molar-refractivity contribution is 4.95. The number of ether oxygens (including phenoxy) is 3. The van der Waals surface area contributed by atoms with Gasteiger partial charge in [-0.05, 0) is 13.5 Å². The normalized spacial score (nSPS) is 11.1. The number of rotatable bonds is 14. The van der Waals surface area contributed by atoms with Crippen molar-refractivity contribution in [1.29, 1.82) is 0 Å². The smallest absolute Gasteiger partial charge is 0.0950 e. The van der Waals surface area contributed by atoms with Crippen LogP contribution in [0.3, 0.4) is 0 Å². The average molecular weight is 299 g/mol. The average Bonchev–Trinajstić information content (AvgIpc) is 2.93. The molecule has 122 valence electrons. The molecule has 0 bridgehead atoms. The first-order valence-electron chi connectivity index (χ1n) is 7.75. The van der Waals surface area contributed by atoms with Crippen LogP contribution in [0.4, 0.5) is 0 Å². The highest BCUT2D eigenvalue weighted by Gasteiger charge is 1.97. The van der Waals surface area contributed by atoms with Gasteiger partial charge in [0.25, 0.3) is 0 Å². The summed E-state index contributed by atoms with van der Waals surface area (Å²) in [6.45, 7) is 7.81. The summed E-state index contributed by atoms with van der Waals surface area (Å²) < 4.78 is 18.4. The first kappa shape index (κ1) is 18.1. The van der Waals surface area contributed by atoms with Crippen molar-refractivity contribution in [3.63, 3.8) is 0 Å². The van der Waals surface area contributed by atoms with Crippen molar-refractivity contribution in [1.82, 2.24) is 14.9 Å². The van der Waals surface area contributed by atoms with Crippen molar-refractivity contribution in [2.45, 2.75) is 32.9 Å². The second-order valence-electron chi connectivity index (χ2n) is 4.82. The van der Waals surface area contributed by atoms with E-state index < -0.39 is 0 Å². The summed E-state index contributed by atoms with van der Waals surface area (Å²) in [6.07, 6.45) is 6.15. The summed E-state index contributed by atoms with van der Waals surface area (Å²) in [4.78, 5) is 4.28. The highest BCUT2D eigenvalue weighted by atomic mass is 16.5. The maximum atomic E-state index is 5.52. The zero-order valence-corrected chi connectivity index (χ0v) is 13.3. The van der Waals surface area contributed by atoms with E-state index in [0.29, 0.717) is 33.0 Å². The van der Waals surface area contributed by atoms with E-state index in [1.807, 2.05) is 24.1 Å². The lowest BCUT2D eigenvalue weighted by molar-refractivity contribution is 0.0127. The molecule has 6 nitrogen and oxygen atoms in total. The van der Waals surface area contributed by atoms with E-state index in [4.69, 9.17) is 14.2 Å². The standard InChI is InChI=1S/C15H29N3O3/c1-3-4-6-19-8-10-21-11-9-20-7-5-18-13-15(12-16-2)17-14-18/h13-14,16H,3-12H2,1-2H3. The molecule has 1 aromatic heterocycles. The Balaban J connectivity index is 1.86. The number of imidazole rings is 1. The molecule has 0 atom stereocenters. The number of unbranched alkanes of at least 4 members (excludes halogenated alkanes) is 1. The molecule has 0 spiro atoms. The molecule has 0 saturated heterocycles. The van der Waals surface area contributed by atoms with Gasteiger partial charge in [-0.2, -0.15) is 0 Å². The van der Waals surface area contributed by atoms with Crippen LogP contribution in [0.2, 0.25) is 0 Å². The van der Waals surface area contributed by atoms with E-state index in [2.05, 4.69) is 17.2 Å². The van der Waals surface area contributed by atoms with Gasteiger partial charge in [0.15, 0.2) is 0 Å². The Labute approximate surface area is 127 Å². The zero-order valence-electron chi connectivity index (χ0n) is 13.3. The third-order valence-electron chi connectivity index (χ3n) is 2.92. The molecule has 0 saturated carbocycles. The van der Waals surface area contributed by atoms with Gasteiger partial charge < -0.3 is 24.1 Å². The van der Waals surface area contributed by atoms with Crippen molar-refractivity contribution in [2.75, 3.05) is 46.7 Å². The van der Waals surface area contributed by atoms with Gasteiger partial charge in [0, 0.05) is 25.9 Å². The molecule has 21 heavy (non-hydrogen) atoms. The fourth-order valence-corrected chi connectivity index (χ4v) is 1.76. The molecule has 1 rings (SSSR count). The minimum Gasteiger partial charge on any atom is -0.379 e. The number of hydrogen-bond acceptors (Lipinski definition) is 5. The summed E-state index contributed by atoms with van der Waals surface area (Å²) in [6, 6.07) is 0. The van der Waals surface area contributed by atoms with Crippen LogP contribution >= 0.6 is 0 Å². The molecule has 0 unspecified atom stereocenters. The summed E-state index contributed by atoms with van der Waals surface area (Å²) in [5.74, 6) is 0. The lowest BCUT2D eigenvalue weighted by Gasteiger charge is -2.07. The van der Waals surface area contributed by atoms with E-state index in [9.17, 15) is 0 Å². The fraction of sp³-hybridized carbons (Fsp3) is 0.800. The van der Waals surface area contributed by atoms with Crippen LogP contribution in [0.15, 0.2) is 12.5 Å². The third kappa shape index (κ3) is 9.57. The van der Waals surface area contributed by atoms with Gasteiger partial charge in [-0.1, -0.05) is 13.3 Å². The topological polar surface area (TPSA) is 57.5 Å². The molecule has 0 radical (unpaired) electrons. The van der Waals surface area contributed by atoms with Gasteiger partial charge in [0.2, 0.25) is 0 Å². The minimum absolute atomic E-state index is 0.617. The fourth-order valence-electron chi connectivity index (χ4n) is 1.76. The summed E-state index contributed by atoms with van der Waals surface area (Å²) in [7, 11) is 1.91.